The van der Waals surface area contributed by atoms with Gasteiger partial charge >= 0.3 is 0 Å². The first-order valence-corrected chi connectivity index (χ1v) is 10.4. The number of ether oxygens (including phenoxy) is 1. The molecule has 1 aromatic carbocycles. The van der Waals surface area contributed by atoms with Crippen molar-refractivity contribution in [2.24, 2.45) is 12.2 Å². The molecule has 31 heavy (non-hydrogen) atoms. The summed E-state index contributed by atoms with van der Waals surface area (Å²) in [6.07, 6.45) is 2.97. The predicted octanol–water partition coefficient (Wildman–Crippen LogP) is 1.63. The van der Waals surface area contributed by atoms with Crippen molar-refractivity contribution in [1.82, 2.24) is 24.9 Å². The van der Waals surface area contributed by atoms with Crippen molar-refractivity contribution in [1.29, 1.82) is 5.26 Å². The Balaban J connectivity index is 1.59. The summed E-state index contributed by atoms with van der Waals surface area (Å²) in [4.78, 5) is 8.37. The summed E-state index contributed by atoms with van der Waals surface area (Å²) in [5, 5.41) is 22.2. The van der Waals surface area contributed by atoms with Crippen molar-refractivity contribution in [2.75, 3.05) is 0 Å². The summed E-state index contributed by atoms with van der Waals surface area (Å²) in [5.74, 6) is 0.734. The summed E-state index contributed by atoms with van der Waals surface area (Å²) < 4.78 is 35.8. The van der Waals surface area contributed by atoms with Crippen LogP contribution in [0, 0.1) is 11.3 Å². The van der Waals surface area contributed by atoms with E-state index < -0.39 is 10.0 Å². The summed E-state index contributed by atoms with van der Waals surface area (Å²) in [5.41, 5.74) is 2.07. The summed E-state index contributed by atoms with van der Waals surface area (Å²) in [7, 11) is -2.12. The van der Waals surface area contributed by atoms with E-state index in [1.165, 1.54) is 18.3 Å². The van der Waals surface area contributed by atoms with E-state index in [0.717, 1.165) is 0 Å². The zero-order valence-electron chi connectivity index (χ0n) is 16.1. The highest BCUT2D eigenvalue weighted by molar-refractivity contribution is 7.89. The van der Waals surface area contributed by atoms with Gasteiger partial charge in [0.05, 0.1) is 27.9 Å². The third kappa shape index (κ3) is 4.27. The molecule has 11 nitrogen and oxygen atoms in total. The Hall–Kier alpha value is -4.08. The molecular weight excluding hydrogens is 422 g/mol. The lowest BCUT2D eigenvalue weighted by Gasteiger charge is -2.06. The van der Waals surface area contributed by atoms with Crippen LogP contribution in [0.25, 0.3) is 22.8 Å². The van der Waals surface area contributed by atoms with Crippen molar-refractivity contribution >= 4 is 10.0 Å². The molecular formula is C19H15N7O4S. The highest BCUT2D eigenvalue weighted by Crippen LogP contribution is 2.26. The van der Waals surface area contributed by atoms with Crippen LogP contribution in [0.1, 0.15) is 11.3 Å². The molecule has 12 heteroatoms. The van der Waals surface area contributed by atoms with Gasteiger partial charge in [-0.1, -0.05) is 17.3 Å². The van der Waals surface area contributed by atoms with E-state index in [0.29, 0.717) is 28.3 Å². The van der Waals surface area contributed by atoms with E-state index >= 15 is 0 Å². The van der Waals surface area contributed by atoms with Gasteiger partial charge in [-0.15, -0.1) is 0 Å². The highest BCUT2D eigenvalue weighted by Gasteiger charge is 2.19. The fourth-order valence-corrected chi connectivity index (χ4v) is 3.31. The second-order valence-electron chi connectivity index (χ2n) is 6.41. The van der Waals surface area contributed by atoms with Crippen LogP contribution in [0.2, 0.25) is 0 Å². The van der Waals surface area contributed by atoms with Crippen LogP contribution in [0.5, 0.6) is 5.88 Å². The maximum atomic E-state index is 11.6. The van der Waals surface area contributed by atoms with E-state index in [1.807, 2.05) is 6.07 Å². The monoisotopic (exact) mass is 437 g/mol. The number of benzene rings is 1. The van der Waals surface area contributed by atoms with Gasteiger partial charge in [0.2, 0.25) is 21.7 Å². The Morgan fingerprint density at radius 1 is 1.26 bits per heavy atom. The molecule has 0 radical (unpaired) electrons. The van der Waals surface area contributed by atoms with Crippen molar-refractivity contribution in [2.45, 2.75) is 11.5 Å². The first-order valence-electron chi connectivity index (χ1n) is 8.82. The lowest BCUT2D eigenvalue weighted by molar-refractivity contribution is 0.283. The maximum absolute atomic E-state index is 11.6. The van der Waals surface area contributed by atoms with Crippen molar-refractivity contribution in [3.8, 4) is 34.8 Å². The van der Waals surface area contributed by atoms with E-state index in [4.69, 9.17) is 19.7 Å². The van der Waals surface area contributed by atoms with Crippen molar-refractivity contribution in [3.05, 3.63) is 60.0 Å². The Bertz CT molecular complexity index is 1390. The molecule has 4 aromatic rings. The molecule has 0 bridgehead atoms. The second kappa shape index (κ2) is 7.98. The predicted molar refractivity (Wildman–Crippen MR) is 107 cm³/mol. The van der Waals surface area contributed by atoms with Gasteiger partial charge in [-0.25, -0.2) is 18.5 Å². The molecule has 0 amide bonds. The minimum Gasteiger partial charge on any atom is -0.471 e. The van der Waals surface area contributed by atoms with Crippen LogP contribution in [0.3, 0.4) is 0 Å². The van der Waals surface area contributed by atoms with Gasteiger partial charge in [-0.2, -0.15) is 15.3 Å². The van der Waals surface area contributed by atoms with Gasteiger partial charge in [-0.05, 0) is 18.2 Å². The molecule has 4 rings (SSSR count). The average Bonchev–Trinajstić information content (AvgIpc) is 3.39. The van der Waals surface area contributed by atoms with E-state index in [9.17, 15) is 8.42 Å². The molecule has 0 atom stereocenters. The van der Waals surface area contributed by atoms with E-state index in [1.54, 1.807) is 42.2 Å². The average molecular weight is 437 g/mol. The molecule has 0 saturated heterocycles. The van der Waals surface area contributed by atoms with Gasteiger partial charge in [0.15, 0.2) is 0 Å². The second-order valence-corrected chi connectivity index (χ2v) is 7.97. The summed E-state index contributed by atoms with van der Waals surface area (Å²) in [6.45, 7) is 0.114. The number of primary sulfonamides is 1. The molecule has 0 unspecified atom stereocenters. The maximum Gasteiger partial charge on any atom is 0.261 e. The Labute approximate surface area is 176 Å². The Morgan fingerprint density at radius 3 is 2.81 bits per heavy atom. The van der Waals surface area contributed by atoms with Crippen LogP contribution in [0.4, 0.5) is 0 Å². The van der Waals surface area contributed by atoms with Crippen molar-refractivity contribution in [3.63, 3.8) is 0 Å². The van der Waals surface area contributed by atoms with Crippen LogP contribution in [0.15, 0.2) is 58.2 Å². The molecule has 0 aliphatic carbocycles. The van der Waals surface area contributed by atoms with Crippen LogP contribution >= 0.6 is 0 Å². The Kier molecular flexibility index (Phi) is 5.20. The first-order chi connectivity index (χ1) is 14.8. The lowest BCUT2D eigenvalue weighted by Crippen LogP contribution is -2.11. The number of sulfonamides is 1. The molecule has 156 valence electrons. The smallest absolute Gasteiger partial charge is 0.261 e. The van der Waals surface area contributed by atoms with Crippen LogP contribution in [-0.2, 0) is 23.7 Å². The number of nitriles is 1. The quantitative estimate of drug-likeness (QED) is 0.472. The fraction of sp³-hybridized carbons (Fsp3) is 0.105. The van der Waals surface area contributed by atoms with Gasteiger partial charge in [0.25, 0.3) is 5.89 Å². The Morgan fingerprint density at radius 2 is 2.10 bits per heavy atom. The lowest BCUT2D eigenvalue weighted by atomic mass is 10.2. The molecule has 0 aliphatic heterocycles. The highest BCUT2D eigenvalue weighted by atomic mass is 32.2. The van der Waals surface area contributed by atoms with Gasteiger partial charge < -0.3 is 9.26 Å². The van der Waals surface area contributed by atoms with Crippen LogP contribution in [-0.4, -0.2) is 33.3 Å². The SMILES string of the molecule is Cn1ncc(-c2nc(-c3cccc(S(N)(=O)=O)c3)no2)c1COc1ccc(C#N)cn1. The largest absolute Gasteiger partial charge is 0.471 e. The standard InChI is InChI=1S/C19H15N7O4S/c1-26-16(11-29-17-6-5-12(8-20)9-22-17)15(10-23-26)19-24-18(25-30-19)13-3-2-4-14(7-13)31(21,27)28/h2-7,9-10H,11H2,1H3,(H2,21,27,28). The molecule has 0 saturated carbocycles. The zero-order chi connectivity index (χ0) is 22.0. The molecule has 3 heterocycles. The number of nitrogens with two attached hydrogens (primary N) is 1. The number of aromatic nitrogens is 5. The number of pyridine rings is 1. The minimum atomic E-state index is -3.86. The molecule has 0 aliphatic rings. The summed E-state index contributed by atoms with van der Waals surface area (Å²) >= 11 is 0. The number of rotatable bonds is 6. The third-order valence-electron chi connectivity index (χ3n) is 4.36. The normalized spacial score (nSPS) is 11.3. The topological polar surface area (TPSA) is 163 Å². The van der Waals surface area contributed by atoms with E-state index in [-0.39, 0.29) is 23.2 Å². The number of aryl methyl sites for hydroxylation is 1. The van der Waals surface area contributed by atoms with E-state index in [2.05, 4.69) is 20.2 Å². The van der Waals surface area contributed by atoms with Gasteiger partial charge in [-0.3, -0.25) is 4.68 Å². The fourth-order valence-electron chi connectivity index (χ4n) is 2.75. The van der Waals surface area contributed by atoms with Crippen LogP contribution < -0.4 is 9.88 Å². The molecule has 0 fully saturated rings. The minimum absolute atomic E-state index is 0.0540. The molecule has 3 aromatic heterocycles. The zero-order valence-corrected chi connectivity index (χ0v) is 16.9. The first kappa shape index (κ1) is 20.2. The molecule has 0 spiro atoms. The van der Waals surface area contributed by atoms with Gasteiger partial charge in [0.1, 0.15) is 12.7 Å². The number of hydrogen-bond acceptors (Lipinski definition) is 9. The van der Waals surface area contributed by atoms with Crippen molar-refractivity contribution < 1.29 is 17.7 Å². The van der Waals surface area contributed by atoms with Gasteiger partial charge in [0, 0.05) is 24.9 Å². The summed E-state index contributed by atoms with van der Waals surface area (Å²) in [6, 6.07) is 11.1. The number of nitrogens with zero attached hydrogens (tertiary/aromatic N) is 6. The third-order valence-corrected chi connectivity index (χ3v) is 5.27. The molecule has 2 N–H and O–H groups in total. The number of hydrogen-bond donors (Lipinski definition) is 1.